The lowest BCUT2D eigenvalue weighted by Gasteiger charge is -2.03. The van der Waals surface area contributed by atoms with Gasteiger partial charge in [-0.15, -0.1) is 0 Å². The van der Waals surface area contributed by atoms with Crippen molar-refractivity contribution in [3.8, 4) is 0 Å². The van der Waals surface area contributed by atoms with Gasteiger partial charge >= 0.3 is 0 Å². The summed E-state index contributed by atoms with van der Waals surface area (Å²) in [6.45, 7) is 2.02. The molecule has 102 valence electrons. The van der Waals surface area contributed by atoms with Crippen LogP contribution in [0.4, 0.5) is 5.69 Å². The summed E-state index contributed by atoms with van der Waals surface area (Å²) in [4.78, 5) is 11.9. The van der Waals surface area contributed by atoms with Crippen LogP contribution in [-0.4, -0.2) is 5.78 Å². The Morgan fingerprint density at radius 1 is 1.10 bits per heavy atom. The molecule has 0 spiro atoms. The zero-order valence-corrected chi connectivity index (χ0v) is 14.0. The molecule has 2 rings (SSSR count). The van der Waals surface area contributed by atoms with Gasteiger partial charge in [0.2, 0.25) is 0 Å². The topological polar surface area (TPSA) is 29.1 Å². The second kappa shape index (κ2) is 6.86. The number of allylic oxidation sites excluding steroid dienone is 1. The van der Waals surface area contributed by atoms with Crippen molar-refractivity contribution >= 4 is 43.3 Å². The molecule has 2 nitrogen and oxygen atoms in total. The fourth-order valence-electron chi connectivity index (χ4n) is 1.66. The Morgan fingerprint density at radius 3 is 2.45 bits per heavy atom. The van der Waals surface area contributed by atoms with Crippen molar-refractivity contribution in [2.75, 3.05) is 5.32 Å². The van der Waals surface area contributed by atoms with Gasteiger partial charge in [0.25, 0.3) is 0 Å². The van der Waals surface area contributed by atoms with Crippen LogP contribution >= 0.6 is 31.9 Å². The Balaban J connectivity index is 2.00. The lowest BCUT2D eigenvalue weighted by atomic mass is 10.1. The Hall–Kier alpha value is -1.39. The van der Waals surface area contributed by atoms with Crippen LogP contribution in [0.3, 0.4) is 0 Å². The lowest BCUT2D eigenvalue weighted by Crippen LogP contribution is -1.96. The van der Waals surface area contributed by atoms with Crippen molar-refractivity contribution in [2.24, 2.45) is 0 Å². The number of hydrogen-bond acceptors (Lipinski definition) is 2. The number of carbonyl (C=O) groups excluding carboxylic acids is 1. The molecule has 0 aromatic heterocycles. The maximum absolute atomic E-state index is 11.9. The first-order valence-electron chi connectivity index (χ1n) is 6.05. The third kappa shape index (κ3) is 4.05. The highest BCUT2D eigenvalue weighted by atomic mass is 79.9. The SMILES string of the molecule is Cc1cc(N/C=C/C(=O)c2ccc(Br)cc2)ccc1Br. The number of rotatable bonds is 4. The highest BCUT2D eigenvalue weighted by Crippen LogP contribution is 2.20. The van der Waals surface area contributed by atoms with E-state index in [-0.39, 0.29) is 5.78 Å². The van der Waals surface area contributed by atoms with Crippen LogP contribution in [0.5, 0.6) is 0 Å². The molecule has 0 bridgehead atoms. The van der Waals surface area contributed by atoms with E-state index < -0.39 is 0 Å². The first-order chi connectivity index (χ1) is 9.56. The summed E-state index contributed by atoms with van der Waals surface area (Å²) in [6.07, 6.45) is 3.19. The fourth-order valence-corrected chi connectivity index (χ4v) is 2.17. The number of hydrogen-bond donors (Lipinski definition) is 1. The van der Waals surface area contributed by atoms with Gasteiger partial charge in [-0.05, 0) is 55.0 Å². The first kappa shape index (κ1) is 15.0. The molecule has 1 N–H and O–H groups in total. The van der Waals surface area contributed by atoms with E-state index in [1.54, 1.807) is 18.3 Å². The first-order valence-corrected chi connectivity index (χ1v) is 7.64. The molecular weight excluding hydrogens is 382 g/mol. The smallest absolute Gasteiger partial charge is 0.187 e. The van der Waals surface area contributed by atoms with Gasteiger partial charge in [0.15, 0.2) is 5.78 Å². The van der Waals surface area contributed by atoms with Gasteiger partial charge in [-0.3, -0.25) is 4.79 Å². The van der Waals surface area contributed by atoms with E-state index in [9.17, 15) is 4.79 Å². The third-order valence-electron chi connectivity index (χ3n) is 2.77. The van der Waals surface area contributed by atoms with Crippen LogP contribution in [0.25, 0.3) is 0 Å². The second-order valence-corrected chi connectivity index (χ2v) is 6.08. The number of ketones is 1. The number of anilines is 1. The van der Waals surface area contributed by atoms with E-state index in [4.69, 9.17) is 0 Å². The molecule has 0 amide bonds. The zero-order valence-electron chi connectivity index (χ0n) is 10.9. The molecule has 0 aliphatic heterocycles. The number of aryl methyl sites for hydroxylation is 1. The largest absolute Gasteiger partial charge is 0.362 e. The molecule has 0 heterocycles. The maximum Gasteiger partial charge on any atom is 0.187 e. The van der Waals surface area contributed by atoms with Gasteiger partial charge in [-0.25, -0.2) is 0 Å². The van der Waals surface area contributed by atoms with Crippen LogP contribution < -0.4 is 5.32 Å². The Morgan fingerprint density at radius 2 is 1.80 bits per heavy atom. The molecule has 0 fully saturated rings. The summed E-state index contributed by atoms with van der Waals surface area (Å²) in [5.41, 5.74) is 2.76. The monoisotopic (exact) mass is 393 g/mol. The summed E-state index contributed by atoms with van der Waals surface area (Å²) >= 11 is 6.80. The van der Waals surface area contributed by atoms with E-state index in [1.807, 2.05) is 37.3 Å². The average Bonchev–Trinajstić information content (AvgIpc) is 2.43. The third-order valence-corrected chi connectivity index (χ3v) is 4.19. The second-order valence-electron chi connectivity index (χ2n) is 4.31. The normalized spacial score (nSPS) is 10.8. The quantitative estimate of drug-likeness (QED) is 0.560. The molecule has 0 aliphatic carbocycles. The number of benzene rings is 2. The molecule has 4 heteroatoms. The van der Waals surface area contributed by atoms with E-state index in [2.05, 4.69) is 37.2 Å². The van der Waals surface area contributed by atoms with E-state index >= 15 is 0 Å². The average molecular weight is 395 g/mol. The van der Waals surface area contributed by atoms with Gasteiger partial charge in [0.05, 0.1) is 0 Å². The van der Waals surface area contributed by atoms with Crippen LogP contribution in [0.15, 0.2) is 63.7 Å². The van der Waals surface area contributed by atoms with Crippen molar-refractivity contribution in [1.29, 1.82) is 0 Å². The van der Waals surface area contributed by atoms with Crippen LogP contribution in [0, 0.1) is 6.92 Å². The van der Waals surface area contributed by atoms with E-state index in [0.717, 1.165) is 20.2 Å². The standard InChI is InChI=1S/C16H13Br2NO/c1-11-10-14(6-7-15(11)18)19-9-8-16(20)12-2-4-13(17)5-3-12/h2-10,19H,1H3/b9-8+. The van der Waals surface area contributed by atoms with Crippen molar-refractivity contribution in [1.82, 2.24) is 0 Å². The van der Waals surface area contributed by atoms with Crippen molar-refractivity contribution in [2.45, 2.75) is 6.92 Å². The molecule has 0 saturated carbocycles. The van der Waals surface area contributed by atoms with Gasteiger partial charge in [-0.2, -0.15) is 0 Å². The molecule has 2 aromatic rings. The summed E-state index contributed by atoms with van der Waals surface area (Å²) in [5, 5.41) is 3.09. The number of halogens is 2. The molecule has 0 atom stereocenters. The Kier molecular flexibility index (Phi) is 5.15. The molecule has 0 saturated heterocycles. The van der Waals surface area contributed by atoms with Crippen molar-refractivity contribution in [3.05, 3.63) is 74.8 Å². The van der Waals surface area contributed by atoms with Crippen molar-refractivity contribution in [3.63, 3.8) is 0 Å². The highest BCUT2D eigenvalue weighted by molar-refractivity contribution is 9.10. The zero-order chi connectivity index (χ0) is 14.5. The summed E-state index contributed by atoms with van der Waals surface area (Å²) in [7, 11) is 0. The minimum atomic E-state index is -0.0289. The van der Waals surface area contributed by atoms with Crippen LogP contribution in [0.1, 0.15) is 15.9 Å². The minimum Gasteiger partial charge on any atom is -0.362 e. The van der Waals surface area contributed by atoms with Gasteiger partial charge in [0, 0.05) is 32.5 Å². The minimum absolute atomic E-state index is 0.0289. The summed E-state index contributed by atoms with van der Waals surface area (Å²) in [6, 6.07) is 13.2. The highest BCUT2D eigenvalue weighted by Gasteiger charge is 2.00. The van der Waals surface area contributed by atoms with Gasteiger partial charge < -0.3 is 5.32 Å². The summed E-state index contributed by atoms with van der Waals surface area (Å²) < 4.78 is 2.03. The van der Waals surface area contributed by atoms with Crippen LogP contribution in [0.2, 0.25) is 0 Å². The van der Waals surface area contributed by atoms with E-state index in [0.29, 0.717) is 5.56 Å². The molecule has 2 aromatic carbocycles. The van der Waals surface area contributed by atoms with Crippen LogP contribution in [-0.2, 0) is 0 Å². The predicted octanol–water partition coefficient (Wildman–Crippen LogP) is 5.33. The lowest BCUT2D eigenvalue weighted by molar-refractivity contribution is 0.104. The number of carbonyl (C=O) groups is 1. The molecule has 0 unspecified atom stereocenters. The molecule has 20 heavy (non-hydrogen) atoms. The predicted molar refractivity (Wildman–Crippen MR) is 90.1 cm³/mol. The van der Waals surface area contributed by atoms with Gasteiger partial charge in [0.1, 0.15) is 0 Å². The molecular formula is C16H13Br2NO. The Labute approximate surface area is 135 Å². The summed E-state index contributed by atoms with van der Waals surface area (Å²) in [5.74, 6) is -0.0289. The Bertz CT molecular complexity index is 648. The number of nitrogens with one attached hydrogen (secondary N) is 1. The fraction of sp³-hybridized carbons (Fsp3) is 0.0625. The van der Waals surface area contributed by atoms with Gasteiger partial charge in [-0.1, -0.05) is 31.9 Å². The maximum atomic E-state index is 11.9. The molecule has 0 aliphatic rings. The molecule has 0 radical (unpaired) electrons. The van der Waals surface area contributed by atoms with Crippen molar-refractivity contribution < 1.29 is 4.79 Å². The van der Waals surface area contributed by atoms with E-state index in [1.165, 1.54) is 6.08 Å².